The minimum Gasteiger partial charge on any atom is -0.338 e. The quantitative estimate of drug-likeness (QED) is 0.927. The van der Waals surface area contributed by atoms with E-state index in [1.807, 2.05) is 6.07 Å². The van der Waals surface area contributed by atoms with Gasteiger partial charge in [-0.2, -0.15) is 0 Å². The van der Waals surface area contributed by atoms with E-state index in [0.717, 1.165) is 38.9 Å². The Morgan fingerprint density at radius 2 is 2.04 bits per heavy atom. The van der Waals surface area contributed by atoms with Gasteiger partial charge in [-0.05, 0) is 50.8 Å². The first kappa shape index (κ1) is 16.5. The minimum absolute atomic E-state index is 0.0444. The van der Waals surface area contributed by atoms with Crippen LogP contribution in [-0.2, 0) is 11.3 Å². The van der Waals surface area contributed by atoms with E-state index in [-0.39, 0.29) is 6.04 Å². The van der Waals surface area contributed by atoms with Crippen molar-refractivity contribution in [2.75, 3.05) is 19.6 Å². The second kappa shape index (κ2) is 7.45. The van der Waals surface area contributed by atoms with Crippen LogP contribution in [0.1, 0.15) is 38.2 Å². The van der Waals surface area contributed by atoms with Crippen LogP contribution in [0.4, 0.5) is 0 Å². The first-order valence-corrected chi connectivity index (χ1v) is 8.97. The van der Waals surface area contributed by atoms with E-state index in [2.05, 4.69) is 41.0 Å². The van der Waals surface area contributed by atoms with Gasteiger partial charge < -0.3 is 10.6 Å². The second-order valence-corrected chi connectivity index (χ2v) is 7.14. The number of hydrogen-bond donors (Lipinski definition) is 1. The molecule has 4 nitrogen and oxygen atoms in total. The summed E-state index contributed by atoms with van der Waals surface area (Å²) in [5.74, 6) is 0.796. The highest BCUT2D eigenvalue weighted by Crippen LogP contribution is 2.27. The molecule has 23 heavy (non-hydrogen) atoms. The van der Waals surface area contributed by atoms with E-state index in [4.69, 9.17) is 5.73 Å². The molecular formula is C19H29N3O. The largest absolute Gasteiger partial charge is 0.338 e. The lowest BCUT2D eigenvalue weighted by Crippen LogP contribution is -2.51. The number of nitrogens with zero attached hydrogens (tertiary/aromatic N) is 2. The van der Waals surface area contributed by atoms with Gasteiger partial charge in [0.15, 0.2) is 0 Å². The van der Waals surface area contributed by atoms with Crippen molar-refractivity contribution < 1.29 is 4.79 Å². The normalized spacial score (nSPS) is 29.0. The van der Waals surface area contributed by atoms with Crippen LogP contribution >= 0.6 is 0 Å². The Hall–Kier alpha value is -1.39. The molecule has 126 valence electrons. The third-order valence-electron chi connectivity index (χ3n) is 5.41. The molecule has 0 saturated carbocycles. The van der Waals surface area contributed by atoms with Crippen molar-refractivity contribution in [3.63, 3.8) is 0 Å². The van der Waals surface area contributed by atoms with Crippen LogP contribution in [0.5, 0.6) is 0 Å². The Balaban J connectivity index is 1.69. The maximum absolute atomic E-state index is 13.1. The SMILES string of the molecule is CC1CC(CN)CN1C(=O)C1CCCCN1Cc1ccccc1. The lowest BCUT2D eigenvalue weighted by atomic mass is 9.99. The number of likely N-dealkylation sites (tertiary alicyclic amines) is 2. The van der Waals surface area contributed by atoms with Crippen LogP contribution < -0.4 is 5.73 Å². The molecule has 2 N–H and O–H groups in total. The number of piperidine rings is 1. The van der Waals surface area contributed by atoms with Gasteiger partial charge in [0.25, 0.3) is 0 Å². The Kier molecular flexibility index (Phi) is 5.34. The monoisotopic (exact) mass is 315 g/mol. The standard InChI is InChI=1S/C19H29N3O/c1-15-11-17(12-20)14-22(15)19(23)18-9-5-6-10-21(18)13-16-7-3-2-4-8-16/h2-4,7-8,15,17-18H,5-6,9-14,20H2,1H3. The molecule has 2 aliphatic rings. The van der Waals surface area contributed by atoms with Crippen molar-refractivity contribution in [1.82, 2.24) is 9.80 Å². The van der Waals surface area contributed by atoms with Gasteiger partial charge in [0.2, 0.25) is 5.91 Å². The maximum atomic E-state index is 13.1. The van der Waals surface area contributed by atoms with E-state index in [1.54, 1.807) is 0 Å². The van der Waals surface area contributed by atoms with Crippen molar-refractivity contribution >= 4 is 5.91 Å². The van der Waals surface area contributed by atoms with Crippen LogP contribution in [0.15, 0.2) is 30.3 Å². The van der Waals surface area contributed by atoms with Gasteiger partial charge in [0.1, 0.15) is 0 Å². The lowest BCUT2D eigenvalue weighted by Gasteiger charge is -2.38. The minimum atomic E-state index is 0.0444. The fraction of sp³-hybridized carbons (Fsp3) is 0.632. The lowest BCUT2D eigenvalue weighted by molar-refractivity contribution is -0.139. The summed E-state index contributed by atoms with van der Waals surface area (Å²) >= 11 is 0. The first-order chi connectivity index (χ1) is 11.2. The van der Waals surface area contributed by atoms with Gasteiger partial charge in [-0.15, -0.1) is 0 Å². The van der Waals surface area contributed by atoms with Crippen LogP contribution in [0.3, 0.4) is 0 Å². The summed E-state index contributed by atoms with van der Waals surface area (Å²) in [6.45, 7) is 5.59. The smallest absolute Gasteiger partial charge is 0.240 e. The highest BCUT2D eigenvalue weighted by atomic mass is 16.2. The number of carbonyl (C=O) groups excluding carboxylic acids is 1. The number of hydrogen-bond acceptors (Lipinski definition) is 3. The summed E-state index contributed by atoms with van der Waals surface area (Å²) in [4.78, 5) is 17.6. The number of rotatable bonds is 4. The molecule has 4 heteroatoms. The third kappa shape index (κ3) is 3.75. The van der Waals surface area contributed by atoms with Crippen molar-refractivity contribution in [3.05, 3.63) is 35.9 Å². The summed E-state index contributed by atoms with van der Waals surface area (Å²) < 4.78 is 0. The summed E-state index contributed by atoms with van der Waals surface area (Å²) in [5, 5.41) is 0. The van der Waals surface area contributed by atoms with Gasteiger partial charge in [0, 0.05) is 19.1 Å². The van der Waals surface area contributed by atoms with Crippen molar-refractivity contribution in [3.8, 4) is 0 Å². The molecule has 2 aliphatic heterocycles. The zero-order valence-electron chi connectivity index (χ0n) is 14.2. The molecule has 2 saturated heterocycles. The van der Waals surface area contributed by atoms with E-state index in [9.17, 15) is 4.79 Å². The summed E-state index contributed by atoms with van der Waals surface area (Å²) in [5.41, 5.74) is 7.11. The second-order valence-electron chi connectivity index (χ2n) is 7.14. The highest BCUT2D eigenvalue weighted by molar-refractivity contribution is 5.82. The molecule has 1 aromatic carbocycles. The van der Waals surface area contributed by atoms with Crippen molar-refractivity contribution in [1.29, 1.82) is 0 Å². The van der Waals surface area contributed by atoms with Crippen LogP contribution in [0, 0.1) is 5.92 Å². The van der Waals surface area contributed by atoms with Gasteiger partial charge >= 0.3 is 0 Å². The maximum Gasteiger partial charge on any atom is 0.240 e. The molecular weight excluding hydrogens is 286 g/mol. The average molecular weight is 315 g/mol. The summed E-state index contributed by atoms with van der Waals surface area (Å²) in [7, 11) is 0. The highest BCUT2D eigenvalue weighted by Gasteiger charge is 2.38. The Bertz CT molecular complexity index is 519. The van der Waals surface area contributed by atoms with Crippen molar-refractivity contribution in [2.45, 2.75) is 51.2 Å². The average Bonchev–Trinajstić information content (AvgIpc) is 2.97. The fourth-order valence-corrected chi connectivity index (χ4v) is 4.09. The number of amides is 1. The van der Waals surface area contributed by atoms with Gasteiger partial charge in [-0.1, -0.05) is 36.8 Å². The third-order valence-corrected chi connectivity index (χ3v) is 5.41. The van der Waals surface area contributed by atoms with E-state index < -0.39 is 0 Å². The molecule has 2 fully saturated rings. The van der Waals surface area contributed by atoms with Crippen molar-refractivity contribution in [2.24, 2.45) is 11.7 Å². The fourth-order valence-electron chi connectivity index (χ4n) is 4.09. The molecule has 0 spiro atoms. The van der Waals surface area contributed by atoms with Gasteiger partial charge in [-0.25, -0.2) is 0 Å². The predicted molar refractivity (Wildman–Crippen MR) is 92.8 cm³/mol. The zero-order valence-corrected chi connectivity index (χ0v) is 14.2. The molecule has 1 aromatic rings. The van der Waals surface area contributed by atoms with Gasteiger partial charge in [-0.3, -0.25) is 9.69 Å². The predicted octanol–water partition coefficient (Wildman–Crippen LogP) is 2.24. The molecule has 0 aromatic heterocycles. The molecule has 3 unspecified atom stereocenters. The molecule has 0 radical (unpaired) electrons. The Morgan fingerprint density at radius 3 is 2.74 bits per heavy atom. The topological polar surface area (TPSA) is 49.6 Å². The Morgan fingerprint density at radius 1 is 1.26 bits per heavy atom. The first-order valence-electron chi connectivity index (χ1n) is 8.97. The van der Waals surface area contributed by atoms with Gasteiger partial charge in [0.05, 0.1) is 6.04 Å². The van der Waals surface area contributed by atoms with E-state index >= 15 is 0 Å². The van der Waals surface area contributed by atoms with E-state index in [0.29, 0.717) is 24.4 Å². The number of benzene rings is 1. The summed E-state index contributed by atoms with van der Waals surface area (Å²) in [6, 6.07) is 10.9. The Labute approximate surface area is 139 Å². The number of carbonyl (C=O) groups is 1. The molecule has 3 atom stereocenters. The number of nitrogens with two attached hydrogens (primary N) is 1. The summed E-state index contributed by atoms with van der Waals surface area (Å²) in [6.07, 6.45) is 4.39. The van der Waals surface area contributed by atoms with E-state index in [1.165, 1.54) is 12.0 Å². The molecule has 0 bridgehead atoms. The van der Waals surface area contributed by atoms with Crippen LogP contribution in [-0.4, -0.2) is 47.4 Å². The van der Waals surface area contributed by atoms with Crippen LogP contribution in [0.25, 0.3) is 0 Å². The van der Waals surface area contributed by atoms with Crippen LogP contribution in [0.2, 0.25) is 0 Å². The molecule has 3 rings (SSSR count). The molecule has 0 aliphatic carbocycles. The molecule has 2 heterocycles. The zero-order chi connectivity index (χ0) is 16.2. The molecule has 1 amide bonds.